The van der Waals surface area contributed by atoms with Crippen molar-refractivity contribution in [1.29, 1.82) is 0 Å². The highest BCUT2D eigenvalue weighted by molar-refractivity contribution is 6.73. The summed E-state index contributed by atoms with van der Waals surface area (Å²) in [6, 6.07) is 31.7. The van der Waals surface area contributed by atoms with Gasteiger partial charge in [0.05, 0.1) is 0 Å². The molecule has 0 saturated carbocycles. The van der Waals surface area contributed by atoms with Gasteiger partial charge in [-0.15, -0.1) is 32.8 Å². The van der Waals surface area contributed by atoms with E-state index in [1.54, 1.807) is 0 Å². The van der Waals surface area contributed by atoms with E-state index in [-0.39, 0.29) is 87.6 Å². The number of rotatable bonds is 3. The van der Waals surface area contributed by atoms with Gasteiger partial charge in [0, 0.05) is 0 Å². The molecule has 0 atom stereocenters. The smallest absolute Gasteiger partial charge is 0.110 e. The minimum absolute atomic E-state index is 0.0133. The molecular weight excluding hydrogens is 728 g/mol. The van der Waals surface area contributed by atoms with Gasteiger partial charge >= 0.3 is 0 Å². The monoisotopic (exact) mass is 746 g/mol. The van der Waals surface area contributed by atoms with E-state index in [0.29, 0.717) is 49.0 Å². The average molecular weight is 744 g/mol. The Morgan fingerprint density at radius 3 is 1.08 bits per heavy atom. The average Bonchev–Trinajstić information content (AvgIpc) is 3.29. The maximum absolute atomic E-state index is 7.40. The molecule has 0 heterocycles. The molecule has 28 radical (unpaired) electrons. The minimum Gasteiger partial charge on any atom is -0.110 e. The molecule has 0 N–H and O–H groups in total. The number of benzene rings is 10. The Balaban J connectivity index is 1.54. The largest absolute Gasteiger partial charge is 0.113 e. The Kier molecular flexibility index (Phi) is 9.60. The van der Waals surface area contributed by atoms with Crippen LogP contribution in [0, 0.1) is 0 Å². The van der Waals surface area contributed by atoms with E-state index >= 15 is 0 Å². The van der Waals surface area contributed by atoms with Gasteiger partial charge in [-0.2, -0.15) is 0 Å². The van der Waals surface area contributed by atoms with Crippen LogP contribution in [-0.4, -0.2) is 110 Å². The van der Waals surface area contributed by atoms with Crippen LogP contribution >= 0.6 is 0 Å². The summed E-state index contributed by atoms with van der Waals surface area (Å²) in [5, 5.41) is 7.64. The first-order valence-electron chi connectivity index (χ1n) is 19.6. The van der Waals surface area contributed by atoms with Crippen LogP contribution in [0.3, 0.4) is 0 Å². The van der Waals surface area contributed by atoms with Crippen LogP contribution in [0.1, 0.15) is 0 Å². The van der Waals surface area contributed by atoms with Gasteiger partial charge in [-0.3, -0.25) is 0 Å². The summed E-state index contributed by atoms with van der Waals surface area (Å²) in [4.78, 5) is 0. The third-order valence-electron chi connectivity index (χ3n) is 12.7. The number of hydrogen-bond donors (Lipinski definition) is 0. The van der Waals surface area contributed by atoms with Crippen molar-refractivity contribution in [2.24, 2.45) is 0 Å². The lowest BCUT2D eigenvalue weighted by Gasteiger charge is -2.32. The van der Waals surface area contributed by atoms with E-state index in [1.807, 2.05) is 84.9 Å². The molecule has 62 heavy (non-hydrogen) atoms. The Hall–Kier alpha value is -5.33. The molecular formula is C48H16B14. The lowest BCUT2D eigenvalue weighted by Crippen LogP contribution is -2.50. The molecule has 0 saturated heterocycles. The zero-order valence-electron chi connectivity index (χ0n) is 33.3. The summed E-state index contributed by atoms with van der Waals surface area (Å²) < 4.78 is 0. The topological polar surface area (TPSA) is 0 Å². The molecule has 10 aromatic rings. The van der Waals surface area contributed by atoms with Gasteiger partial charge in [0.1, 0.15) is 110 Å². The van der Waals surface area contributed by atoms with E-state index < -0.39 is 0 Å². The fourth-order valence-corrected chi connectivity index (χ4v) is 9.60. The van der Waals surface area contributed by atoms with Crippen molar-refractivity contribution in [1.82, 2.24) is 0 Å². The molecule has 0 nitrogen and oxygen atoms in total. The molecule has 0 aliphatic rings. The molecule has 0 amide bonds. The third kappa shape index (κ3) is 5.47. The van der Waals surface area contributed by atoms with Crippen LogP contribution in [0.4, 0.5) is 0 Å². The van der Waals surface area contributed by atoms with Crippen molar-refractivity contribution in [3.05, 3.63) is 97.1 Å². The first-order valence-corrected chi connectivity index (χ1v) is 19.6. The fraction of sp³-hybridized carbons (Fsp3) is 0. The Bertz CT molecular complexity index is 3600. The van der Waals surface area contributed by atoms with Crippen molar-refractivity contribution in [2.75, 3.05) is 0 Å². The molecule has 0 aliphatic carbocycles. The first-order chi connectivity index (χ1) is 29.7. The van der Waals surface area contributed by atoms with Gasteiger partial charge in [0.15, 0.2) is 0 Å². The highest BCUT2D eigenvalue weighted by atomic mass is 14.3. The molecule has 0 aliphatic heterocycles. The van der Waals surface area contributed by atoms with Gasteiger partial charge in [-0.05, 0) is 104 Å². The number of hydrogen-bond acceptors (Lipinski definition) is 0. The SMILES string of the molecule is [B]c1c([B])c([B])c2c(-c3c4c([B])c([B])c([B])c([B])c4c(-c4cc5ccccc5c5ccccc45)c4c([B])c([B])c([B])c([B])c34)c([B])c([B])c(-c3cccc4ccccc34)c2c1[B]. The van der Waals surface area contributed by atoms with Crippen LogP contribution in [0.15, 0.2) is 97.1 Å². The highest BCUT2D eigenvalue weighted by Gasteiger charge is 2.29. The Labute approximate surface area is 379 Å². The fourth-order valence-electron chi connectivity index (χ4n) is 9.60. The van der Waals surface area contributed by atoms with Crippen molar-refractivity contribution in [3.8, 4) is 33.4 Å². The molecule has 14 heteroatoms. The molecule has 0 unspecified atom stereocenters. The standard InChI is InChI=1S/C48H16B14/c49-35-26(23-15-7-10-17-8-1-3-11-19(17)23)30-34(42(56)48(62)45(59)39(30)53)33(36(35)50)27-31-28(37(51)43(57)46(60)40(31)54)25(29-32(27)41(55)47(61)44(58)38(29)52)24-16-18-9-2-4-12-20(18)21-13-5-6-14-22(21)24/h1-16H. The first kappa shape index (κ1) is 40.7. The highest BCUT2D eigenvalue weighted by Crippen LogP contribution is 2.45. The second-order valence-corrected chi connectivity index (χ2v) is 15.8. The third-order valence-corrected chi connectivity index (χ3v) is 12.7. The predicted octanol–water partition coefficient (Wildman–Crippen LogP) is -3.28. The van der Waals surface area contributed by atoms with Gasteiger partial charge in [-0.1, -0.05) is 135 Å². The lowest BCUT2D eigenvalue weighted by atomic mass is 9.57. The summed E-state index contributed by atoms with van der Waals surface area (Å²) >= 11 is 0. The molecule has 10 aromatic carbocycles. The molecule has 250 valence electrons. The maximum atomic E-state index is 7.40. The lowest BCUT2D eigenvalue weighted by molar-refractivity contribution is 1.73. The zero-order chi connectivity index (χ0) is 43.8. The number of fused-ring (bicyclic) bond motifs is 7. The Morgan fingerprint density at radius 2 is 0.565 bits per heavy atom. The summed E-state index contributed by atoms with van der Waals surface area (Å²) in [7, 11) is 98.1. The van der Waals surface area contributed by atoms with E-state index in [9.17, 15) is 0 Å². The summed E-state index contributed by atoms with van der Waals surface area (Å²) in [5.74, 6) is 0. The van der Waals surface area contributed by atoms with Gasteiger partial charge < -0.3 is 0 Å². The normalized spacial score (nSPS) is 11.8. The van der Waals surface area contributed by atoms with Crippen LogP contribution in [-0.2, 0) is 0 Å². The second-order valence-electron chi connectivity index (χ2n) is 15.8. The van der Waals surface area contributed by atoms with Crippen molar-refractivity contribution in [2.45, 2.75) is 0 Å². The summed E-state index contributed by atoms with van der Waals surface area (Å²) in [5.41, 5.74) is 3.88. The van der Waals surface area contributed by atoms with Crippen molar-refractivity contribution < 1.29 is 0 Å². The van der Waals surface area contributed by atoms with E-state index in [2.05, 4.69) is 12.1 Å². The summed E-state index contributed by atoms with van der Waals surface area (Å²) in [6.45, 7) is 0. The maximum Gasteiger partial charge on any atom is 0.113 e. The van der Waals surface area contributed by atoms with Gasteiger partial charge in [0.25, 0.3) is 0 Å². The Morgan fingerprint density at radius 1 is 0.210 bits per heavy atom. The van der Waals surface area contributed by atoms with Crippen molar-refractivity contribution in [3.63, 3.8) is 0 Å². The van der Waals surface area contributed by atoms with Gasteiger partial charge in [-0.25, -0.2) is 0 Å². The van der Waals surface area contributed by atoms with E-state index in [4.69, 9.17) is 110 Å². The van der Waals surface area contributed by atoms with Crippen molar-refractivity contribution >= 4 is 251 Å². The zero-order valence-corrected chi connectivity index (χ0v) is 33.3. The summed E-state index contributed by atoms with van der Waals surface area (Å²) in [6.07, 6.45) is 0. The molecule has 10 rings (SSSR count). The second kappa shape index (κ2) is 14.6. The minimum atomic E-state index is 0.0133. The van der Waals surface area contributed by atoms with Crippen LogP contribution in [0.2, 0.25) is 0 Å². The van der Waals surface area contributed by atoms with E-state index in [0.717, 1.165) is 37.9 Å². The van der Waals surface area contributed by atoms with Crippen LogP contribution < -0.4 is 76.5 Å². The molecule has 0 aromatic heterocycles. The quantitative estimate of drug-likeness (QED) is 0.101. The molecule has 0 fully saturated rings. The predicted molar refractivity (Wildman–Crippen MR) is 283 cm³/mol. The van der Waals surface area contributed by atoms with Gasteiger partial charge in [0.2, 0.25) is 0 Å². The molecule has 0 spiro atoms. The molecule has 0 bridgehead atoms. The van der Waals surface area contributed by atoms with Crippen LogP contribution in [0.5, 0.6) is 0 Å². The van der Waals surface area contributed by atoms with E-state index in [1.165, 1.54) is 0 Å². The van der Waals surface area contributed by atoms with Crippen LogP contribution in [0.25, 0.3) is 98.0 Å².